The summed E-state index contributed by atoms with van der Waals surface area (Å²) in [6.45, 7) is 6.59. The third kappa shape index (κ3) is 4.13. The molecule has 0 bridgehead atoms. The van der Waals surface area contributed by atoms with Gasteiger partial charge in [0.2, 0.25) is 5.91 Å². The SMILES string of the molecule is CCC(=O)Nc1ccc(C)cc1NC=C1C(=O)OC(C)(C)OC1=O. The van der Waals surface area contributed by atoms with Crippen molar-refractivity contribution in [3.05, 3.63) is 35.5 Å². The minimum absolute atomic E-state index is 0.146. The molecule has 128 valence electrons. The summed E-state index contributed by atoms with van der Waals surface area (Å²) in [4.78, 5) is 35.4. The van der Waals surface area contributed by atoms with Crippen molar-refractivity contribution in [2.24, 2.45) is 0 Å². The fourth-order valence-electron chi connectivity index (χ4n) is 2.05. The first kappa shape index (κ1) is 17.5. The lowest BCUT2D eigenvalue weighted by atomic mass is 10.1. The zero-order chi connectivity index (χ0) is 17.9. The Bertz CT molecular complexity index is 700. The summed E-state index contributed by atoms with van der Waals surface area (Å²) in [5, 5.41) is 5.61. The Morgan fingerprint density at radius 2 is 1.79 bits per heavy atom. The van der Waals surface area contributed by atoms with Gasteiger partial charge in [-0.3, -0.25) is 4.79 Å². The lowest BCUT2D eigenvalue weighted by Crippen LogP contribution is -2.42. The summed E-state index contributed by atoms with van der Waals surface area (Å²) in [6, 6.07) is 5.37. The van der Waals surface area contributed by atoms with Crippen molar-refractivity contribution < 1.29 is 23.9 Å². The molecule has 1 amide bonds. The summed E-state index contributed by atoms with van der Waals surface area (Å²) >= 11 is 0. The summed E-state index contributed by atoms with van der Waals surface area (Å²) < 4.78 is 10.0. The van der Waals surface area contributed by atoms with Gasteiger partial charge in [-0.15, -0.1) is 0 Å². The highest BCUT2D eigenvalue weighted by atomic mass is 16.7. The number of aryl methyl sites for hydroxylation is 1. The van der Waals surface area contributed by atoms with E-state index >= 15 is 0 Å². The second-order valence-electron chi connectivity index (χ2n) is 5.83. The van der Waals surface area contributed by atoms with Gasteiger partial charge in [-0.2, -0.15) is 0 Å². The van der Waals surface area contributed by atoms with E-state index in [0.717, 1.165) is 5.56 Å². The largest absolute Gasteiger partial charge is 0.419 e. The van der Waals surface area contributed by atoms with Crippen LogP contribution in [0.2, 0.25) is 0 Å². The first-order chi connectivity index (χ1) is 11.2. The molecule has 7 heteroatoms. The van der Waals surface area contributed by atoms with E-state index < -0.39 is 17.7 Å². The van der Waals surface area contributed by atoms with Gasteiger partial charge < -0.3 is 20.1 Å². The molecule has 1 fully saturated rings. The molecule has 1 aliphatic rings. The maximum atomic E-state index is 11.9. The molecule has 0 spiro atoms. The third-order valence-corrected chi connectivity index (χ3v) is 3.26. The van der Waals surface area contributed by atoms with E-state index in [1.54, 1.807) is 19.1 Å². The number of anilines is 2. The molecule has 0 radical (unpaired) electrons. The first-order valence-electron chi connectivity index (χ1n) is 7.55. The first-order valence-corrected chi connectivity index (χ1v) is 7.55. The van der Waals surface area contributed by atoms with Crippen LogP contribution in [0.5, 0.6) is 0 Å². The molecular weight excluding hydrogens is 312 g/mol. The van der Waals surface area contributed by atoms with Crippen molar-refractivity contribution in [2.75, 3.05) is 10.6 Å². The van der Waals surface area contributed by atoms with Crippen LogP contribution in [0.4, 0.5) is 11.4 Å². The van der Waals surface area contributed by atoms with Crippen LogP contribution in [0.15, 0.2) is 30.0 Å². The molecule has 1 heterocycles. The highest BCUT2D eigenvalue weighted by molar-refractivity contribution is 6.15. The van der Waals surface area contributed by atoms with Crippen molar-refractivity contribution in [3.63, 3.8) is 0 Å². The Morgan fingerprint density at radius 3 is 2.38 bits per heavy atom. The van der Waals surface area contributed by atoms with E-state index in [1.165, 1.54) is 20.0 Å². The van der Waals surface area contributed by atoms with E-state index in [0.29, 0.717) is 17.8 Å². The Hall–Kier alpha value is -2.83. The molecule has 2 N–H and O–H groups in total. The van der Waals surface area contributed by atoms with Gasteiger partial charge in [0.05, 0.1) is 11.4 Å². The molecular formula is C17H20N2O5. The maximum absolute atomic E-state index is 11.9. The molecule has 0 saturated carbocycles. The number of cyclic esters (lactones) is 2. The van der Waals surface area contributed by atoms with Gasteiger partial charge in [0.1, 0.15) is 0 Å². The van der Waals surface area contributed by atoms with Crippen molar-refractivity contribution in [1.82, 2.24) is 0 Å². The Morgan fingerprint density at radius 1 is 1.17 bits per heavy atom. The number of esters is 2. The molecule has 2 rings (SSSR count). The molecule has 1 saturated heterocycles. The van der Waals surface area contributed by atoms with Crippen molar-refractivity contribution >= 4 is 29.2 Å². The summed E-state index contributed by atoms with van der Waals surface area (Å²) in [7, 11) is 0. The fraction of sp³-hybridized carbons (Fsp3) is 0.353. The minimum atomic E-state index is -1.28. The average molecular weight is 332 g/mol. The van der Waals surface area contributed by atoms with Crippen molar-refractivity contribution in [3.8, 4) is 0 Å². The van der Waals surface area contributed by atoms with Gasteiger partial charge in [-0.05, 0) is 24.6 Å². The van der Waals surface area contributed by atoms with Crippen LogP contribution in [-0.2, 0) is 23.9 Å². The molecule has 24 heavy (non-hydrogen) atoms. The number of rotatable bonds is 4. The zero-order valence-corrected chi connectivity index (χ0v) is 14.1. The van der Waals surface area contributed by atoms with Crippen molar-refractivity contribution in [1.29, 1.82) is 0 Å². The zero-order valence-electron chi connectivity index (χ0n) is 14.1. The highest BCUT2D eigenvalue weighted by Crippen LogP contribution is 2.26. The van der Waals surface area contributed by atoms with Crippen LogP contribution in [0, 0.1) is 6.92 Å². The maximum Gasteiger partial charge on any atom is 0.350 e. The summed E-state index contributed by atoms with van der Waals surface area (Å²) in [5.41, 5.74) is 1.79. The average Bonchev–Trinajstić information content (AvgIpc) is 2.47. The Kier molecular flexibility index (Phi) is 4.92. The number of hydrogen-bond donors (Lipinski definition) is 2. The highest BCUT2D eigenvalue weighted by Gasteiger charge is 2.38. The topological polar surface area (TPSA) is 93.7 Å². The van der Waals surface area contributed by atoms with E-state index in [-0.39, 0.29) is 11.5 Å². The summed E-state index contributed by atoms with van der Waals surface area (Å²) in [5.74, 6) is -2.96. The number of benzene rings is 1. The van der Waals surface area contributed by atoms with Crippen LogP contribution in [-0.4, -0.2) is 23.6 Å². The normalized spacial score (nSPS) is 16.1. The molecule has 0 aromatic heterocycles. The van der Waals surface area contributed by atoms with E-state index in [4.69, 9.17) is 9.47 Å². The number of hydrogen-bond acceptors (Lipinski definition) is 6. The van der Waals surface area contributed by atoms with E-state index in [2.05, 4.69) is 10.6 Å². The van der Waals surface area contributed by atoms with Crippen LogP contribution >= 0.6 is 0 Å². The predicted molar refractivity (Wildman–Crippen MR) is 88.1 cm³/mol. The quantitative estimate of drug-likeness (QED) is 0.500. The van der Waals surface area contributed by atoms with Crippen LogP contribution in [0.25, 0.3) is 0 Å². The lowest BCUT2D eigenvalue weighted by Gasteiger charge is -2.29. The second kappa shape index (κ2) is 6.74. The van der Waals surface area contributed by atoms with Crippen LogP contribution in [0.1, 0.15) is 32.8 Å². The third-order valence-electron chi connectivity index (χ3n) is 3.26. The van der Waals surface area contributed by atoms with Crippen LogP contribution in [0.3, 0.4) is 0 Å². The van der Waals surface area contributed by atoms with Crippen LogP contribution < -0.4 is 10.6 Å². The van der Waals surface area contributed by atoms with E-state index in [9.17, 15) is 14.4 Å². The van der Waals surface area contributed by atoms with Crippen molar-refractivity contribution in [2.45, 2.75) is 39.9 Å². The molecule has 0 atom stereocenters. The molecule has 0 unspecified atom stereocenters. The number of ether oxygens (including phenoxy) is 2. The predicted octanol–water partition coefficient (Wildman–Crippen LogP) is 2.48. The van der Waals surface area contributed by atoms with Gasteiger partial charge in [0, 0.05) is 26.5 Å². The Labute approximate surface area is 140 Å². The number of amides is 1. The van der Waals surface area contributed by atoms with Gasteiger partial charge in [0.15, 0.2) is 5.57 Å². The van der Waals surface area contributed by atoms with Gasteiger partial charge >= 0.3 is 11.9 Å². The standard InChI is InChI=1S/C17H20N2O5/c1-5-14(20)19-12-7-6-10(2)8-13(12)18-9-11-15(21)23-17(3,4)24-16(11)22/h6-9,18H,5H2,1-4H3,(H,19,20). The molecule has 1 aliphatic heterocycles. The molecule has 7 nitrogen and oxygen atoms in total. The smallest absolute Gasteiger partial charge is 0.350 e. The monoisotopic (exact) mass is 332 g/mol. The molecule has 1 aromatic carbocycles. The minimum Gasteiger partial charge on any atom is -0.419 e. The molecule has 1 aromatic rings. The Balaban J connectivity index is 2.24. The second-order valence-corrected chi connectivity index (χ2v) is 5.83. The lowest BCUT2D eigenvalue weighted by molar-refractivity contribution is -0.222. The number of nitrogens with one attached hydrogen (secondary N) is 2. The van der Waals surface area contributed by atoms with Gasteiger partial charge in [-0.25, -0.2) is 9.59 Å². The summed E-state index contributed by atoms with van der Waals surface area (Å²) in [6.07, 6.45) is 1.55. The number of carbonyl (C=O) groups is 3. The van der Waals surface area contributed by atoms with Gasteiger partial charge in [-0.1, -0.05) is 13.0 Å². The molecule has 0 aliphatic carbocycles. The fourth-order valence-corrected chi connectivity index (χ4v) is 2.05. The van der Waals surface area contributed by atoms with E-state index in [1.807, 2.05) is 13.0 Å². The van der Waals surface area contributed by atoms with Gasteiger partial charge in [0.25, 0.3) is 5.79 Å². The number of carbonyl (C=O) groups excluding carboxylic acids is 3.